The summed E-state index contributed by atoms with van der Waals surface area (Å²) in [5, 5.41) is 4.21. The molecule has 0 atom stereocenters. The molecule has 9 heteroatoms. The maximum atomic E-state index is 11.3. The lowest BCUT2D eigenvalue weighted by Gasteiger charge is -2.16. The summed E-state index contributed by atoms with van der Waals surface area (Å²) in [6.07, 6.45) is 1.86. The average molecular weight is 457 g/mol. The molecule has 7 nitrogen and oxygen atoms in total. The summed E-state index contributed by atoms with van der Waals surface area (Å²) in [4.78, 5) is 16.1. The standard InChI is InChI=1S/C22H18Cl2N4O3/c1-30-15-8-5-9-16(31-12-17(25)29)19(15)21-22(28-11-3-2-10-18(28)26-21)27-20-13(23)6-4-7-14(20)24/h2-11,27H,12H2,1H3,(H2,25,29). The van der Waals surface area contributed by atoms with Crippen molar-refractivity contribution >= 4 is 46.3 Å². The largest absolute Gasteiger partial charge is 0.496 e. The van der Waals surface area contributed by atoms with Crippen LogP contribution in [0.25, 0.3) is 16.9 Å². The zero-order valence-corrected chi connectivity index (χ0v) is 17.9. The van der Waals surface area contributed by atoms with Crippen molar-refractivity contribution in [2.45, 2.75) is 0 Å². The molecule has 0 saturated heterocycles. The molecule has 0 bridgehead atoms. The van der Waals surface area contributed by atoms with E-state index in [0.717, 1.165) is 0 Å². The van der Waals surface area contributed by atoms with Gasteiger partial charge in [-0.05, 0) is 36.4 Å². The molecule has 2 heterocycles. The van der Waals surface area contributed by atoms with Gasteiger partial charge in [0.05, 0.1) is 28.4 Å². The number of nitrogens with one attached hydrogen (secondary N) is 1. The Labute approximate surface area is 188 Å². The van der Waals surface area contributed by atoms with Crippen molar-refractivity contribution in [3.63, 3.8) is 0 Å². The third-order valence-electron chi connectivity index (χ3n) is 4.55. The van der Waals surface area contributed by atoms with E-state index in [1.54, 1.807) is 43.5 Å². The highest BCUT2D eigenvalue weighted by atomic mass is 35.5. The molecule has 31 heavy (non-hydrogen) atoms. The SMILES string of the molecule is COc1cccc(OCC(N)=O)c1-c1nc2ccccn2c1Nc1c(Cl)cccc1Cl. The monoisotopic (exact) mass is 456 g/mol. The second-order valence-electron chi connectivity index (χ2n) is 6.55. The summed E-state index contributed by atoms with van der Waals surface area (Å²) in [6.45, 7) is -0.285. The van der Waals surface area contributed by atoms with Crippen LogP contribution in [0.5, 0.6) is 11.5 Å². The predicted molar refractivity (Wildman–Crippen MR) is 122 cm³/mol. The van der Waals surface area contributed by atoms with Crippen molar-refractivity contribution in [3.8, 4) is 22.8 Å². The van der Waals surface area contributed by atoms with E-state index in [0.29, 0.717) is 50.0 Å². The van der Waals surface area contributed by atoms with Gasteiger partial charge in [-0.25, -0.2) is 4.98 Å². The van der Waals surface area contributed by atoms with Crippen LogP contribution in [0, 0.1) is 0 Å². The van der Waals surface area contributed by atoms with Crippen LogP contribution >= 0.6 is 23.2 Å². The van der Waals surface area contributed by atoms with Gasteiger partial charge < -0.3 is 20.5 Å². The molecule has 0 spiro atoms. The molecule has 0 aliphatic rings. The van der Waals surface area contributed by atoms with Gasteiger partial charge in [0.2, 0.25) is 0 Å². The Balaban J connectivity index is 1.95. The van der Waals surface area contributed by atoms with Crippen molar-refractivity contribution in [2.24, 2.45) is 5.73 Å². The molecule has 4 rings (SSSR count). The number of imidazole rings is 1. The van der Waals surface area contributed by atoms with E-state index in [1.807, 2.05) is 28.8 Å². The maximum Gasteiger partial charge on any atom is 0.255 e. The first-order chi connectivity index (χ1) is 15.0. The van der Waals surface area contributed by atoms with Crippen LogP contribution in [0.15, 0.2) is 60.8 Å². The van der Waals surface area contributed by atoms with Gasteiger partial charge in [0.1, 0.15) is 28.7 Å². The number of anilines is 2. The number of rotatable bonds is 7. The summed E-state index contributed by atoms with van der Waals surface area (Å²) < 4.78 is 13.1. The Kier molecular flexibility index (Phi) is 5.88. The highest BCUT2D eigenvalue weighted by Crippen LogP contribution is 2.43. The van der Waals surface area contributed by atoms with Crippen molar-refractivity contribution < 1.29 is 14.3 Å². The quantitative estimate of drug-likeness (QED) is 0.411. The van der Waals surface area contributed by atoms with Crippen LogP contribution < -0.4 is 20.5 Å². The van der Waals surface area contributed by atoms with Gasteiger partial charge >= 0.3 is 0 Å². The third-order valence-corrected chi connectivity index (χ3v) is 5.18. The zero-order chi connectivity index (χ0) is 22.0. The van der Waals surface area contributed by atoms with Crippen molar-refractivity contribution in [1.29, 1.82) is 0 Å². The fourth-order valence-corrected chi connectivity index (χ4v) is 3.70. The number of carbonyl (C=O) groups excluding carboxylic acids is 1. The number of aromatic nitrogens is 2. The number of ether oxygens (including phenoxy) is 2. The van der Waals surface area contributed by atoms with Crippen LogP contribution in [-0.4, -0.2) is 29.0 Å². The minimum atomic E-state index is -0.593. The van der Waals surface area contributed by atoms with Crippen LogP contribution in [0.3, 0.4) is 0 Å². The molecular weight excluding hydrogens is 439 g/mol. The minimum absolute atomic E-state index is 0.285. The molecule has 0 unspecified atom stereocenters. The van der Waals surface area contributed by atoms with Gasteiger partial charge in [0.15, 0.2) is 6.61 Å². The number of para-hydroxylation sites is 1. The lowest BCUT2D eigenvalue weighted by atomic mass is 10.1. The van der Waals surface area contributed by atoms with Crippen LogP contribution in [-0.2, 0) is 4.79 Å². The van der Waals surface area contributed by atoms with Gasteiger partial charge in [-0.2, -0.15) is 0 Å². The molecule has 0 fully saturated rings. The highest BCUT2D eigenvalue weighted by Gasteiger charge is 2.23. The number of fused-ring (bicyclic) bond motifs is 1. The first-order valence-corrected chi connectivity index (χ1v) is 10.0. The summed E-state index contributed by atoms with van der Waals surface area (Å²) in [5.41, 5.74) is 7.56. The molecule has 1 amide bonds. The third kappa shape index (κ3) is 4.10. The smallest absolute Gasteiger partial charge is 0.255 e. The predicted octanol–water partition coefficient (Wildman–Crippen LogP) is 4.92. The minimum Gasteiger partial charge on any atom is -0.496 e. The Hall–Kier alpha value is -3.42. The summed E-state index contributed by atoms with van der Waals surface area (Å²) in [5.74, 6) is 0.914. The number of hydrogen-bond donors (Lipinski definition) is 2. The topological polar surface area (TPSA) is 90.9 Å². The second kappa shape index (κ2) is 8.75. The van der Waals surface area contributed by atoms with E-state index < -0.39 is 5.91 Å². The zero-order valence-electron chi connectivity index (χ0n) is 16.4. The second-order valence-corrected chi connectivity index (χ2v) is 7.36. The van der Waals surface area contributed by atoms with E-state index in [9.17, 15) is 4.79 Å². The number of halogens is 2. The number of nitrogens with two attached hydrogens (primary N) is 1. The number of primary amides is 1. The number of carbonyl (C=O) groups is 1. The van der Waals surface area contributed by atoms with E-state index in [-0.39, 0.29) is 6.61 Å². The number of hydrogen-bond acceptors (Lipinski definition) is 5. The van der Waals surface area contributed by atoms with Crippen molar-refractivity contribution in [1.82, 2.24) is 9.38 Å². The molecule has 0 radical (unpaired) electrons. The van der Waals surface area contributed by atoms with Crippen LogP contribution in [0.4, 0.5) is 11.5 Å². The van der Waals surface area contributed by atoms with Gasteiger partial charge in [0, 0.05) is 6.20 Å². The van der Waals surface area contributed by atoms with E-state index in [4.69, 9.17) is 43.4 Å². The lowest BCUT2D eigenvalue weighted by molar-refractivity contribution is -0.119. The number of methoxy groups -OCH3 is 1. The molecular formula is C22H18Cl2N4O3. The normalized spacial score (nSPS) is 10.8. The Morgan fingerprint density at radius 3 is 2.48 bits per heavy atom. The number of benzene rings is 2. The first-order valence-electron chi connectivity index (χ1n) is 9.26. The molecule has 0 saturated carbocycles. The molecule has 2 aromatic carbocycles. The van der Waals surface area contributed by atoms with Crippen LogP contribution in [0.2, 0.25) is 10.0 Å². The lowest BCUT2D eigenvalue weighted by Crippen LogP contribution is -2.20. The first kappa shape index (κ1) is 20.8. The van der Waals surface area contributed by atoms with Crippen LogP contribution in [0.1, 0.15) is 0 Å². The number of nitrogens with zero attached hydrogens (tertiary/aromatic N) is 2. The molecule has 3 N–H and O–H groups in total. The van der Waals surface area contributed by atoms with E-state index >= 15 is 0 Å². The van der Waals surface area contributed by atoms with E-state index in [1.165, 1.54) is 0 Å². The molecule has 2 aromatic heterocycles. The fourth-order valence-electron chi connectivity index (χ4n) is 3.21. The Morgan fingerprint density at radius 1 is 1.06 bits per heavy atom. The summed E-state index contributed by atoms with van der Waals surface area (Å²) >= 11 is 12.8. The van der Waals surface area contributed by atoms with Crippen molar-refractivity contribution in [2.75, 3.05) is 19.0 Å². The van der Waals surface area contributed by atoms with Gasteiger partial charge in [-0.15, -0.1) is 0 Å². The average Bonchev–Trinajstić information content (AvgIpc) is 3.12. The van der Waals surface area contributed by atoms with Crippen molar-refractivity contribution in [3.05, 3.63) is 70.8 Å². The fraction of sp³-hybridized carbons (Fsp3) is 0.0909. The molecule has 0 aliphatic heterocycles. The molecule has 158 valence electrons. The number of pyridine rings is 1. The Bertz CT molecular complexity index is 1250. The van der Waals surface area contributed by atoms with Gasteiger partial charge in [0.25, 0.3) is 5.91 Å². The van der Waals surface area contributed by atoms with Gasteiger partial charge in [-0.3, -0.25) is 9.20 Å². The molecule has 4 aromatic rings. The number of amides is 1. The van der Waals surface area contributed by atoms with E-state index in [2.05, 4.69) is 5.32 Å². The summed E-state index contributed by atoms with van der Waals surface area (Å²) in [7, 11) is 1.55. The highest BCUT2D eigenvalue weighted by molar-refractivity contribution is 6.39. The summed E-state index contributed by atoms with van der Waals surface area (Å²) in [6, 6.07) is 16.1. The Morgan fingerprint density at radius 2 is 1.77 bits per heavy atom. The maximum absolute atomic E-state index is 11.3. The van der Waals surface area contributed by atoms with Gasteiger partial charge in [-0.1, -0.05) is 41.4 Å². The molecule has 0 aliphatic carbocycles.